The van der Waals surface area contributed by atoms with E-state index in [1.54, 1.807) is 40.6 Å². The van der Waals surface area contributed by atoms with Gasteiger partial charge in [0.05, 0.1) is 29.1 Å². The molecule has 0 saturated heterocycles. The molecular weight excluding hydrogens is 773 g/mol. The van der Waals surface area contributed by atoms with Crippen molar-refractivity contribution in [3.63, 3.8) is 0 Å². The van der Waals surface area contributed by atoms with Crippen molar-refractivity contribution in [2.24, 2.45) is 11.5 Å². The van der Waals surface area contributed by atoms with Crippen LogP contribution in [0.5, 0.6) is 5.75 Å². The molecule has 7 rings (SSSR count). The number of fused-ring (bicyclic) bond motifs is 4. The first kappa shape index (κ1) is 40.6. The minimum atomic E-state index is -1.06. The Morgan fingerprint density at radius 3 is 2.23 bits per heavy atom. The van der Waals surface area contributed by atoms with Crippen molar-refractivity contribution in [3.8, 4) is 17.3 Å². The van der Waals surface area contributed by atoms with E-state index in [1.165, 1.54) is 19.3 Å². The Bertz CT molecular complexity index is 2850. The van der Waals surface area contributed by atoms with Gasteiger partial charge in [-0.25, -0.2) is 24.7 Å². The lowest BCUT2D eigenvalue weighted by Gasteiger charge is -2.15. The predicted molar refractivity (Wildman–Crippen MR) is 222 cm³/mol. The highest BCUT2D eigenvalue weighted by molar-refractivity contribution is 6.12. The van der Waals surface area contributed by atoms with Gasteiger partial charge in [-0.15, -0.1) is 0 Å². The van der Waals surface area contributed by atoms with Gasteiger partial charge in [0.1, 0.15) is 28.3 Å². The second-order valence-corrected chi connectivity index (χ2v) is 14.1. The zero-order chi connectivity index (χ0) is 42.8. The second kappa shape index (κ2) is 16.7. The van der Waals surface area contributed by atoms with Gasteiger partial charge in [0, 0.05) is 68.5 Å². The van der Waals surface area contributed by atoms with E-state index in [9.17, 15) is 24.3 Å². The molecule has 0 spiro atoms. The zero-order valence-electron chi connectivity index (χ0n) is 33.7. The number of nitrogens with two attached hydrogens (primary N) is 2. The number of pyridine rings is 1. The number of anilines is 1. The van der Waals surface area contributed by atoms with Crippen LogP contribution in [0.15, 0.2) is 54.9 Å². The van der Waals surface area contributed by atoms with Crippen LogP contribution >= 0.6 is 0 Å². The number of nitrogens with one attached hydrogen (secondary N) is 1. The lowest BCUT2D eigenvalue weighted by Crippen LogP contribution is -2.26. The topological polar surface area (TPSA) is 262 Å². The number of nitrogens with zero attached hydrogens (tertiary/aromatic N) is 11. The van der Waals surface area contributed by atoms with Crippen LogP contribution in [0, 0.1) is 13.8 Å². The van der Waals surface area contributed by atoms with E-state index in [1.807, 2.05) is 48.2 Å². The quantitative estimate of drug-likeness (QED) is 0.0793. The van der Waals surface area contributed by atoms with E-state index in [0.29, 0.717) is 75.6 Å². The fourth-order valence-electron chi connectivity index (χ4n) is 6.97. The third kappa shape index (κ3) is 7.93. The summed E-state index contributed by atoms with van der Waals surface area (Å²) in [5, 5.41) is 22.4. The highest BCUT2D eigenvalue weighted by Crippen LogP contribution is 2.36. The monoisotopic (exact) mass is 816 g/mol. The molecule has 0 aliphatic heterocycles. The molecule has 20 heteroatoms. The maximum atomic E-state index is 13.5. The molecule has 310 valence electrons. The molecule has 0 aliphatic rings. The van der Waals surface area contributed by atoms with Gasteiger partial charge in [0.2, 0.25) is 17.8 Å². The van der Waals surface area contributed by atoms with Gasteiger partial charge in [0.25, 0.3) is 5.91 Å². The Kier molecular flexibility index (Phi) is 11.3. The number of allylic oxidation sites excluding steroid dienone is 2. The van der Waals surface area contributed by atoms with Crippen LogP contribution in [0.2, 0.25) is 0 Å². The summed E-state index contributed by atoms with van der Waals surface area (Å²) in [6.45, 7) is 9.45. The molecule has 4 amide bonds. The molecule has 0 fully saturated rings. The van der Waals surface area contributed by atoms with E-state index in [4.69, 9.17) is 26.2 Å². The van der Waals surface area contributed by atoms with Gasteiger partial charge in [0.15, 0.2) is 11.5 Å². The number of carboxylic acid groups (broad SMARTS) is 1. The van der Waals surface area contributed by atoms with E-state index >= 15 is 0 Å². The molecule has 20 nitrogen and oxygen atoms in total. The van der Waals surface area contributed by atoms with Crippen molar-refractivity contribution in [1.29, 1.82) is 0 Å². The highest BCUT2D eigenvalue weighted by atomic mass is 16.5. The normalized spacial score (nSPS) is 11.6. The predicted octanol–water partition coefficient (Wildman–Crippen LogP) is 4.13. The van der Waals surface area contributed by atoms with Crippen LogP contribution in [-0.4, -0.2) is 103 Å². The van der Waals surface area contributed by atoms with Crippen molar-refractivity contribution in [3.05, 3.63) is 83.1 Å². The van der Waals surface area contributed by atoms with Gasteiger partial charge in [-0.05, 0) is 64.4 Å². The highest BCUT2D eigenvalue weighted by Gasteiger charge is 2.23. The molecule has 0 radical (unpaired) electrons. The Morgan fingerprint density at radius 1 is 0.833 bits per heavy atom. The lowest BCUT2D eigenvalue weighted by molar-refractivity contribution is 0.0991. The second-order valence-electron chi connectivity index (χ2n) is 14.1. The summed E-state index contributed by atoms with van der Waals surface area (Å²) in [5.74, 6) is -0.768. The van der Waals surface area contributed by atoms with Gasteiger partial charge in [-0.2, -0.15) is 10.2 Å². The summed E-state index contributed by atoms with van der Waals surface area (Å²) in [4.78, 5) is 69.5. The number of ether oxygens (including phenoxy) is 1. The summed E-state index contributed by atoms with van der Waals surface area (Å²) in [6.07, 6.45) is 6.15. The molecule has 6 aromatic heterocycles. The van der Waals surface area contributed by atoms with Crippen LogP contribution < -0.4 is 21.5 Å². The van der Waals surface area contributed by atoms with Crippen molar-refractivity contribution >= 4 is 62.9 Å². The molecule has 0 bridgehead atoms. The van der Waals surface area contributed by atoms with Crippen LogP contribution in [0.4, 0.5) is 10.7 Å². The summed E-state index contributed by atoms with van der Waals surface area (Å²) in [6, 6.07) is 8.36. The Morgan fingerprint density at radius 2 is 1.53 bits per heavy atom. The Labute approximate surface area is 342 Å². The van der Waals surface area contributed by atoms with Gasteiger partial charge in [-0.3, -0.25) is 33.6 Å². The summed E-state index contributed by atoms with van der Waals surface area (Å²) in [5.41, 5.74) is 16.2. The number of amides is 4. The van der Waals surface area contributed by atoms with E-state index < -0.39 is 23.8 Å². The number of rotatable bonds is 16. The van der Waals surface area contributed by atoms with Crippen molar-refractivity contribution in [2.45, 2.75) is 60.3 Å². The first-order valence-corrected chi connectivity index (χ1v) is 19.2. The molecule has 1 aromatic carbocycles. The van der Waals surface area contributed by atoms with Crippen LogP contribution in [0.1, 0.15) is 62.9 Å². The van der Waals surface area contributed by atoms with Crippen LogP contribution in [-0.2, 0) is 26.2 Å². The number of primary amides is 2. The molecular formula is C40H44N14O6. The van der Waals surface area contributed by atoms with Crippen molar-refractivity contribution < 1.29 is 29.0 Å². The Balaban J connectivity index is 1.30. The molecule has 6 N–H and O–H groups in total. The molecule has 0 saturated carbocycles. The number of carbonyl (C=O) groups is 4. The van der Waals surface area contributed by atoms with Crippen molar-refractivity contribution in [1.82, 2.24) is 53.5 Å². The molecule has 6 heterocycles. The fourth-order valence-corrected chi connectivity index (χ4v) is 6.97. The Hall–Kier alpha value is -7.64. The number of hydrogen-bond donors (Lipinski definition) is 4. The maximum absolute atomic E-state index is 13.5. The van der Waals surface area contributed by atoms with Gasteiger partial charge < -0.3 is 30.8 Å². The maximum Gasteiger partial charge on any atom is 0.407 e. The smallest absolute Gasteiger partial charge is 0.407 e. The number of aromatic nitrogens is 10. The minimum Gasteiger partial charge on any atom is -0.491 e. The summed E-state index contributed by atoms with van der Waals surface area (Å²) >= 11 is 0. The third-order valence-electron chi connectivity index (χ3n) is 9.87. The number of benzene rings is 1. The van der Waals surface area contributed by atoms with Gasteiger partial charge in [-0.1, -0.05) is 12.2 Å². The van der Waals surface area contributed by atoms with Crippen LogP contribution in [0.3, 0.4) is 0 Å². The minimum absolute atomic E-state index is 0.142. The number of hydrogen-bond acceptors (Lipinski definition) is 11. The largest absolute Gasteiger partial charge is 0.491 e. The number of aryl methyl sites for hydroxylation is 4. The van der Waals surface area contributed by atoms with E-state index in [-0.39, 0.29) is 43.3 Å². The summed E-state index contributed by atoms with van der Waals surface area (Å²) in [7, 11) is 1.47. The molecule has 0 atom stereocenters. The van der Waals surface area contributed by atoms with Gasteiger partial charge >= 0.3 is 6.09 Å². The lowest BCUT2D eigenvalue weighted by atomic mass is 10.1. The molecule has 0 aliphatic carbocycles. The fraction of sp³-hybridized carbons (Fsp3) is 0.300. The third-order valence-corrected chi connectivity index (χ3v) is 9.87. The number of imidazole rings is 1. The number of carbonyl (C=O) groups excluding carboxylic acids is 3. The van der Waals surface area contributed by atoms with E-state index in [2.05, 4.69) is 25.5 Å². The van der Waals surface area contributed by atoms with E-state index in [0.717, 1.165) is 16.3 Å². The molecule has 7 aromatic rings. The zero-order valence-corrected chi connectivity index (χ0v) is 33.7. The van der Waals surface area contributed by atoms with Crippen molar-refractivity contribution in [2.75, 3.05) is 25.5 Å². The first-order chi connectivity index (χ1) is 28.8. The molecule has 0 unspecified atom stereocenters. The standard InChI is InChI=1S/C40H44N14O6/c1-6-53-29(15-22(3)48-53)35-43-21-27-26-17-24(33(41)55)19-31(60-14-10-11-50(5)40(58)59)32(26)51(36(27)46-35)12-8-9-13-52-37-28(18-25(20-44-37)34(42)56)45-39(52)47-38(57)30-16-23(4)49-54(30)7-2/h8-9,15-21H,6-7,10-14H2,1-5H3,(H2,41,55)(H2,42,56)(H,58,59)(H,45,47,57)/b9-8+. The van der Waals surface area contributed by atoms with Crippen LogP contribution in [0.25, 0.3) is 44.6 Å². The summed E-state index contributed by atoms with van der Waals surface area (Å²) < 4.78 is 13.3. The molecule has 60 heavy (non-hydrogen) atoms. The average Bonchev–Trinajstić information content (AvgIpc) is 3.98. The first-order valence-electron chi connectivity index (χ1n) is 19.2. The average molecular weight is 817 g/mol. The SMILES string of the molecule is CCn1nc(C)cc1C(=O)Nc1nc2cc(C(N)=O)cnc2n1C/C=C/Cn1c2nc(-c3cc(C)nn3CC)ncc2c2cc(C(N)=O)cc(OCCCN(C)C(=O)O)c21.